The number of nitrogens with zero attached hydrogens (tertiary/aromatic N) is 2. The number of amides is 4. The molecule has 6 heteroatoms. The molecule has 2 saturated heterocycles. The van der Waals surface area contributed by atoms with Crippen molar-refractivity contribution in [2.24, 2.45) is 0 Å². The molecule has 18 heavy (non-hydrogen) atoms. The van der Waals surface area contributed by atoms with E-state index in [-0.39, 0.29) is 36.7 Å². The predicted octanol–water partition coefficient (Wildman–Crippen LogP) is 0.0646. The summed E-state index contributed by atoms with van der Waals surface area (Å²) in [7, 11) is 0. The molecule has 0 aromatic carbocycles. The van der Waals surface area contributed by atoms with Crippen LogP contribution in [0.15, 0.2) is 0 Å². The molecule has 0 aliphatic carbocycles. The molecule has 2 heterocycles. The van der Waals surface area contributed by atoms with E-state index in [4.69, 9.17) is 0 Å². The van der Waals surface area contributed by atoms with Crippen molar-refractivity contribution in [2.45, 2.75) is 38.5 Å². The number of piperidine rings is 2. The summed E-state index contributed by atoms with van der Waals surface area (Å²) in [5.74, 6) is -0.822. The van der Waals surface area contributed by atoms with E-state index >= 15 is 0 Å². The van der Waals surface area contributed by atoms with E-state index in [0.29, 0.717) is 38.5 Å². The molecule has 6 nitrogen and oxygen atoms in total. The highest BCUT2D eigenvalue weighted by Crippen LogP contribution is 2.15. The van der Waals surface area contributed by atoms with Crippen LogP contribution in [0.25, 0.3) is 0 Å². The van der Waals surface area contributed by atoms with E-state index in [9.17, 15) is 19.2 Å². The van der Waals surface area contributed by atoms with Crippen molar-refractivity contribution in [3.05, 3.63) is 0 Å². The third-order valence-corrected chi connectivity index (χ3v) is 3.31. The van der Waals surface area contributed by atoms with Crippen LogP contribution in [-0.2, 0) is 19.2 Å². The molecular weight excluding hydrogens is 236 g/mol. The minimum atomic E-state index is -0.205. The summed E-state index contributed by atoms with van der Waals surface area (Å²) in [4.78, 5) is 48.6. The molecule has 2 rings (SSSR count). The van der Waals surface area contributed by atoms with Gasteiger partial charge in [-0.3, -0.25) is 29.0 Å². The normalized spacial score (nSPS) is 21.8. The molecule has 2 aliphatic rings. The summed E-state index contributed by atoms with van der Waals surface area (Å²) in [6, 6.07) is 0. The zero-order chi connectivity index (χ0) is 13.1. The molecule has 0 bridgehead atoms. The second kappa shape index (κ2) is 5.29. The van der Waals surface area contributed by atoms with Crippen molar-refractivity contribution in [3.8, 4) is 0 Å². The van der Waals surface area contributed by atoms with Crippen LogP contribution in [0.4, 0.5) is 0 Å². The first kappa shape index (κ1) is 12.7. The van der Waals surface area contributed by atoms with Crippen LogP contribution < -0.4 is 0 Å². The van der Waals surface area contributed by atoms with Crippen molar-refractivity contribution in [3.63, 3.8) is 0 Å². The molecule has 2 aliphatic heterocycles. The molecular formula is C12H16N2O4. The van der Waals surface area contributed by atoms with Crippen LogP contribution in [0.1, 0.15) is 38.5 Å². The van der Waals surface area contributed by atoms with Crippen molar-refractivity contribution < 1.29 is 19.2 Å². The Labute approximate surface area is 105 Å². The van der Waals surface area contributed by atoms with Gasteiger partial charge in [-0.25, -0.2) is 0 Å². The molecule has 0 N–H and O–H groups in total. The summed E-state index contributed by atoms with van der Waals surface area (Å²) in [6.45, 7) is 0.268. The fraction of sp³-hybridized carbons (Fsp3) is 0.667. The lowest BCUT2D eigenvalue weighted by Gasteiger charge is -2.29. The second-order valence-electron chi connectivity index (χ2n) is 4.59. The van der Waals surface area contributed by atoms with Crippen LogP contribution in [-0.4, -0.2) is 46.5 Å². The van der Waals surface area contributed by atoms with Gasteiger partial charge in [0.2, 0.25) is 23.6 Å². The van der Waals surface area contributed by atoms with Crippen LogP contribution in [0.5, 0.6) is 0 Å². The van der Waals surface area contributed by atoms with E-state index in [2.05, 4.69) is 0 Å². The van der Waals surface area contributed by atoms with Gasteiger partial charge in [0.25, 0.3) is 0 Å². The quantitative estimate of drug-likeness (QED) is 0.666. The van der Waals surface area contributed by atoms with Crippen molar-refractivity contribution in [1.82, 2.24) is 9.80 Å². The first-order chi connectivity index (χ1) is 8.59. The molecule has 0 unspecified atom stereocenters. The molecule has 0 radical (unpaired) electrons. The third kappa shape index (κ3) is 2.57. The van der Waals surface area contributed by atoms with E-state index < -0.39 is 0 Å². The lowest BCUT2D eigenvalue weighted by molar-refractivity contribution is -0.153. The van der Waals surface area contributed by atoms with Crippen LogP contribution in [0, 0.1) is 0 Å². The highest BCUT2D eigenvalue weighted by atomic mass is 16.2. The summed E-state index contributed by atoms with van der Waals surface area (Å²) < 4.78 is 0. The summed E-state index contributed by atoms with van der Waals surface area (Å²) >= 11 is 0. The Bertz CT molecular complexity index is 335. The van der Waals surface area contributed by atoms with Gasteiger partial charge in [0.05, 0.1) is 0 Å². The van der Waals surface area contributed by atoms with Crippen LogP contribution in [0.3, 0.4) is 0 Å². The van der Waals surface area contributed by atoms with E-state index in [1.165, 1.54) is 9.80 Å². The Morgan fingerprint density at radius 1 is 0.611 bits per heavy atom. The number of hydrogen-bond acceptors (Lipinski definition) is 4. The van der Waals surface area contributed by atoms with E-state index in [1.54, 1.807) is 0 Å². The predicted molar refractivity (Wildman–Crippen MR) is 61.1 cm³/mol. The van der Waals surface area contributed by atoms with Crippen molar-refractivity contribution in [1.29, 1.82) is 0 Å². The zero-order valence-corrected chi connectivity index (χ0v) is 10.2. The van der Waals surface area contributed by atoms with Gasteiger partial charge < -0.3 is 0 Å². The minimum absolute atomic E-state index is 0.134. The average molecular weight is 252 g/mol. The van der Waals surface area contributed by atoms with E-state index in [0.717, 1.165) is 0 Å². The second-order valence-corrected chi connectivity index (χ2v) is 4.59. The van der Waals surface area contributed by atoms with Gasteiger partial charge in [-0.05, 0) is 12.8 Å². The standard InChI is InChI=1S/C12H16N2O4/c15-9-3-1-4-10(16)13(9)7-8-14-11(17)5-2-6-12(14)18/h1-8H2. The highest BCUT2D eigenvalue weighted by Gasteiger charge is 2.29. The number of carbonyl (C=O) groups is 4. The van der Waals surface area contributed by atoms with Crippen LogP contribution in [0.2, 0.25) is 0 Å². The fourth-order valence-electron chi connectivity index (χ4n) is 2.30. The minimum Gasteiger partial charge on any atom is -0.281 e. The van der Waals surface area contributed by atoms with Gasteiger partial charge in [0, 0.05) is 38.8 Å². The Balaban J connectivity index is 1.93. The van der Waals surface area contributed by atoms with Gasteiger partial charge >= 0.3 is 0 Å². The number of hydrogen-bond donors (Lipinski definition) is 0. The number of carbonyl (C=O) groups excluding carboxylic acids is 4. The molecule has 0 aromatic rings. The van der Waals surface area contributed by atoms with E-state index in [1.807, 2.05) is 0 Å². The largest absolute Gasteiger partial charge is 0.281 e. The SMILES string of the molecule is O=C1CCCC(=O)N1CCN1C(=O)CCCC1=O. The molecule has 0 atom stereocenters. The average Bonchev–Trinajstić information content (AvgIpc) is 2.31. The number of rotatable bonds is 3. The van der Waals surface area contributed by atoms with Crippen molar-refractivity contribution >= 4 is 23.6 Å². The lowest BCUT2D eigenvalue weighted by Crippen LogP contribution is -2.48. The summed E-state index contributed by atoms with van der Waals surface area (Å²) in [5, 5.41) is 0. The Hall–Kier alpha value is -1.72. The smallest absolute Gasteiger partial charge is 0.229 e. The maximum absolute atomic E-state index is 11.6. The summed E-state index contributed by atoms with van der Waals surface area (Å²) in [6.07, 6.45) is 2.66. The van der Waals surface area contributed by atoms with Gasteiger partial charge in [-0.2, -0.15) is 0 Å². The molecule has 0 spiro atoms. The molecule has 2 fully saturated rings. The fourth-order valence-corrected chi connectivity index (χ4v) is 2.30. The molecule has 4 amide bonds. The molecule has 0 saturated carbocycles. The number of imide groups is 2. The first-order valence-corrected chi connectivity index (χ1v) is 6.26. The Morgan fingerprint density at radius 2 is 0.889 bits per heavy atom. The maximum atomic E-state index is 11.6. The first-order valence-electron chi connectivity index (χ1n) is 6.26. The molecule has 98 valence electrons. The molecule has 0 aromatic heterocycles. The number of likely N-dealkylation sites (tertiary alicyclic amines) is 2. The van der Waals surface area contributed by atoms with Gasteiger partial charge in [-0.1, -0.05) is 0 Å². The van der Waals surface area contributed by atoms with Crippen molar-refractivity contribution in [2.75, 3.05) is 13.1 Å². The maximum Gasteiger partial charge on any atom is 0.229 e. The van der Waals surface area contributed by atoms with Gasteiger partial charge in [0.15, 0.2) is 0 Å². The third-order valence-electron chi connectivity index (χ3n) is 3.31. The Kier molecular flexibility index (Phi) is 3.74. The highest BCUT2D eigenvalue weighted by molar-refractivity contribution is 5.99. The van der Waals surface area contributed by atoms with Crippen LogP contribution >= 0.6 is 0 Å². The Morgan fingerprint density at radius 3 is 1.17 bits per heavy atom. The lowest BCUT2D eigenvalue weighted by atomic mass is 10.1. The zero-order valence-electron chi connectivity index (χ0n) is 10.2. The van der Waals surface area contributed by atoms with Gasteiger partial charge in [-0.15, -0.1) is 0 Å². The van der Waals surface area contributed by atoms with Gasteiger partial charge in [0.1, 0.15) is 0 Å². The summed E-state index contributed by atoms with van der Waals surface area (Å²) in [5.41, 5.74) is 0. The topological polar surface area (TPSA) is 74.8 Å². The monoisotopic (exact) mass is 252 g/mol.